The van der Waals surface area contributed by atoms with Crippen LogP contribution in [0, 0.1) is 0 Å². The SMILES string of the molecule is Nc1cnc(Cl)cc1C(Cl)=NCCl. The number of nitrogens with two attached hydrogens (primary N) is 1. The highest BCUT2D eigenvalue weighted by atomic mass is 35.5. The van der Waals surface area contributed by atoms with Crippen molar-refractivity contribution >= 4 is 45.7 Å². The maximum absolute atomic E-state index is 5.78. The minimum atomic E-state index is 0.0816. The molecule has 13 heavy (non-hydrogen) atoms. The van der Waals surface area contributed by atoms with Crippen LogP contribution in [0.25, 0.3) is 0 Å². The number of rotatable bonds is 2. The second kappa shape index (κ2) is 4.65. The van der Waals surface area contributed by atoms with Crippen LogP contribution in [0.3, 0.4) is 0 Å². The highest BCUT2D eigenvalue weighted by Crippen LogP contribution is 2.17. The Morgan fingerprint density at radius 3 is 2.92 bits per heavy atom. The molecule has 1 aromatic heterocycles. The van der Waals surface area contributed by atoms with E-state index in [-0.39, 0.29) is 11.2 Å². The third-order valence-corrected chi connectivity index (χ3v) is 1.97. The van der Waals surface area contributed by atoms with Crippen LogP contribution in [0.15, 0.2) is 17.3 Å². The Bertz CT molecular complexity index is 338. The van der Waals surface area contributed by atoms with Crippen LogP contribution < -0.4 is 5.73 Å². The van der Waals surface area contributed by atoms with Crippen LogP contribution in [0.4, 0.5) is 5.69 Å². The average Bonchev–Trinajstić information content (AvgIpc) is 2.09. The van der Waals surface area contributed by atoms with E-state index in [2.05, 4.69) is 9.98 Å². The number of hydrogen-bond donors (Lipinski definition) is 1. The first-order valence-corrected chi connectivity index (χ1v) is 4.61. The van der Waals surface area contributed by atoms with Gasteiger partial charge in [-0.05, 0) is 6.07 Å². The van der Waals surface area contributed by atoms with Crippen molar-refractivity contribution < 1.29 is 0 Å². The molecule has 0 atom stereocenters. The van der Waals surface area contributed by atoms with Gasteiger partial charge in [-0.3, -0.25) is 4.99 Å². The smallest absolute Gasteiger partial charge is 0.134 e. The molecule has 0 aromatic carbocycles. The van der Waals surface area contributed by atoms with E-state index in [9.17, 15) is 0 Å². The molecule has 2 N–H and O–H groups in total. The molecule has 0 unspecified atom stereocenters. The summed E-state index contributed by atoms with van der Waals surface area (Å²) in [5.41, 5.74) is 6.55. The summed E-state index contributed by atoms with van der Waals surface area (Å²) in [5.74, 6) is 0. The largest absolute Gasteiger partial charge is 0.397 e. The van der Waals surface area contributed by atoms with E-state index in [0.29, 0.717) is 16.4 Å². The quantitative estimate of drug-likeness (QED) is 0.372. The van der Waals surface area contributed by atoms with E-state index in [1.165, 1.54) is 12.3 Å². The fourth-order valence-electron chi connectivity index (χ4n) is 0.757. The summed E-state index contributed by atoms with van der Waals surface area (Å²) in [6.07, 6.45) is 1.42. The van der Waals surface area contributed by atoms with Crippen LogP contribution in [-0.4, -0.2) is 16.2 Å². The van der Waals surface area contributed by atoms with Crippen LogP contribution >= 0.6 is 34.8 Å². The van der Waals surface area contributed by atoms with Gasteiger partial charge in [-0.2, -0.15) is 0 Å². The maximum Gasteiger partial charge on any atom is 0.134 e. The Kier molecular flexibility index (Phi) is 3.78. The molecule has 0 aliphatic heterocycles. The summed E-state index contributed by atoms with van der Waals surface area (Å²) < 4.78 is 0. The Morgan fingerprint density at radius 2 is 2.31 bits per heavy atom. The zero-order valence-corrected chi connectivity index (χ0v) is 8.74. The van der Waals surface area contributed by atoms with E-state index in [4.69, 9.17) is 40.5 Å². The zero-order valence-electron chi connectivity index (χ0n) is 6.47. The summed E-state index contributed by atoms with van der Waals surface area (Å²) in [6.45, 7) is 0. The molecule has 3 nitrogen and oxygen atoms in total. The van der Waals surface area contributed by atoms with E-state index >= 15 is 0 Å². The molecule has 0 bridgehead atoms. The van der Waals surface area contributed by atoms with E-state index < -0.39 is 0 Å². The van der Waals surface area contributed by atoms with Gasteiger partial charge in [-0.25, -0.2) is 4.98 Å². The summed E-state index contributed by atoms with van der Waals surface area (Å²) in [7, 11) is 0. The van der Waals surface area contributed by atoms with Crippen molar-refractivity contribution in [1.82, 2.24) is 4.98 Å². The minimum Gasteiger partial charge on any atom is -0.397 e. The van der Waals surface area contributed by atoms with E-state index in [0.717, 1.165) is 0 Å². The third-order valence-electron chi connectivity index (χ3n) is 1.32. The number of hydrogen-bond acceptors (Lipinski definition) is 3. The highest BCUT2D eigenvalue weighted by molar-refractivity contribution is 6.70. The first kappa shape index (κ1) is 10.6. The van der Waals surface area contributed by atoms with Gasteiger partial charge in [0.1, 0.15) is 16.3 Å². The van der Waals surface area contributed by atoms with Crippen LogP contribution in [0.2, 0.25) is 5.15 Å². The molecule has 0 radical (unpaired) electrons. The van der Waals surface area contributed by atoms with Crippen LogP contribution in [0.5, 0.6) is 0 Å². The molecule has 0 amide bonds. The van der Waals surface area contributed by atoms with Crippen LogP contribution in [-0.2, 0) is 0 Å². The number of nitrogen functional groups attached to an aromatic ring is 1. The molecule has 0 spiro atoms. The molecule has 0 fully saturated rings. The Morgan fingerprint density at radius 1 is 1.62 bits per heavy atom. The van der Waals surface area contributed by atoms with Gasteiger partial charge in [-0.15, -0.1) is 11.6 Å². The zero-order chi connectivity index (χ0) is 9.84. The highest BCUT2D eigenvalue weighted by Gasteiger charge is 2.05. The van der Waals surface area contributed by atoms with Crippen molar-refractivity contribution in [3.8, 4) is 0 Å². The van der Waals surface area contributed by atoms with Crippen LogP contribution in [0.1, 0.15) is 5.56 Å². The number of halogens is 3. The lowest BCUT2D eigenvalue weighted by atomic mass is 10.2. The van der Waals surface area contributed by atoms with Crippen molar-refractivity contribution in [3.05, 3.63) is 23.0 Å². The molecule has 1 heterocycles. The van der Waals surface area contributed by atoms with Crippen molar-refractivity contribution in [3.63, 3.8) is 0 Å². The normalized spacial score (nSPS) is 11.8. The third kappa shape index (κ3) is 2.72. The molecule has 0 aliphatic carbocycles. The molecule has 6 heteroatoms. The second-order valence-electron chi connectivity index (χ2n) is 2.16. The Balaban J connectivity index is 3.13. The first-order valence-electron chi connectivity index (χ1n) is 3.32. The van der Waals surface area contributed by atoms with E-state index in [1.54, 1.807) is 0 Å². The monoisotopic (exact) mass is 237 g/mol. The van der Waals surface area contributed by atoms with Gasteiger partial charge >= 0.3 is 0 Å². The fraction of sp³-hybridized carbons (Fsp3) is 0.143. The van der Waals surface area contributed by atoms with Gasteiger partial charge in [0, 0.05) is 5.56 Å². The lowest BCUT2D eigenvalue weighted by Crippen LogP contribution is -2.00. The molecule has 0 aliphatic rings. The maximum atomic E-state index is 5.78. The summed E-state index contributed by atoms with van der Waals surface area (Å²) in [5, 5.41) is 0.545. The van der Waals surface area contributed by atoms with Crippen molar-refractivity contribution in [2.24, 2.45) is 4.99 Å². The van der Waals surface area contributed by atoms with Gasteiger partial charge in [0.25, 0.3) is 0 Å². The number of nitrogens with zero attached hydrogens (tertiary/aromatic N) is 2. The Labute approximate surface area is 90.5 Å². The first-order chi connectivity index (χ1) is 6.15. The molecule has 1 aromatic rings. The van der Waals surface area contributed by atoms with Crippen molar-refractivity contribution in [2.45, 2.75) is 0 Å². The van der Waals surface area contributed by atoms with E-state index in [1.807, 2.05) is 0 Å². The number of pyridine rings is 1. The summed E-state index contributed by atoms with van der Waals surface area (Å²) >= 11 is 16.8. The molecule has 0 saturated heterocycles. The fourth-order valence-corrected chi connectivity index (χ4v) is 1.32. The number of anilines is 1. The topological polar surface area (TPSA) is 51.3 Å². The molecular formula is C7H6Cl3N3. The van der Waals surface area contributed by atoms with Gasteiger partial charge < -0.3 is 5.73 Å². The minimum absolute atomic E-state index is 0.0816. The summed E-state index contributed by atoms with van der Waals surface area (Å²) in [6, 6.07) is 1.62. The molecule has 70 valence electrons. The molecular weight excluding hydrogens is 232 g/mol. The predicted octanol–water partition coefficient (Wildman–Crippen LogP) is 2.50. The predicted molar refractivity (Wildman–Crippen MR) is 56.8 cm³/mol. The second-order valence-corrected chi connectivity index (χ2v) is 3.15. The van der Waals surface area contributed by atoms with Crippen molar-refractivity contribution in [2.75, 3.05) is 11.7 Å². The number of aliphatic imine (C=N–C) groups is 1. The Hall–Kier alpha value is -0.510. The van der Waals surface area contributed by atoms with Gasteiger partial charge in [0.15, 0.2) is 0 Å². The van der Waals surface area contributed by atoms with Gasteiger partial charge in [0.2, 0.25) is 0 Å². The lowest BCUT2D eigenvalue weighted by molar-refractivity contribution is 1.31. The number of alkyl halides is 1. The van der Waals surface area contributed by atoms with Gasteiger partial charge in [-0.1, -0.05) is 23.2 Å². The molecule has 1 rings (SSSR count). The molecule has 0 saturated carbocycles. The van der Waals surface area contributed by atoms with Gasteiger partial charge in [0.05, 0.1) is 11.9 Å². The average molecular weight is 239 g/mol. The number of aromatic nitrogens is 1. The summed E-state index contributed by atoms with van der Waals surface area (Å²) in [4.78, 5) is 7.55. The standard InChI is InChI=1S/C7H6Cl3N3/c8-3-13-7(10)4-1-6(9)12-2-5(4)11/h1-2H,3,11H2. The lowest BCUT2D eigenvalue weighted by Gasteiger charge is -2.02. The van der Waals surface area contributed by atoms with Crippen molar-refractivity contribution in [1.29, 1.82) is 0 Å².